The largest absolute Gasteiger partial charge is 0.294 e. The molecule has 21 heavy (non-hydrogen) atoms. The lowest BCUT2D eigenvalue weighted by Crippen LogP contribution is -2.19. The molecule has 0 aromatic rings. The van der Waals surface area contributed by atoms with E-state index in [2.05, 4.69) is 39.5 Å². The van der Waals surface area contributed by atoms with Gasteiger partial charge < -0.3 is 0 Å². The zero-order valence-electron chi connectivity index (χ0n) is 14.3. The van der Waals surface area contributed by atoms with E-state index in [9.17, 15) is 4.79 Å². The topological polar surface area (TPSA) is 17.1 Å². The number of hydrogen-bond donors (Lipinski definition) is 0. The number of carbonyl (C=O) groups excluding carboxylic acids is 1. The molecule has 116 valence electrons. The van der Waals surface area contributed by atoms with Crippen molar-refractivity contribution < 1.29 is 4.79 Å². The van der Waals surface area contributed by atoms with Gasteiger partial charge in [-0.05, 0) is 49.2 Å². The fourth-order valence-corrected chi connectivity index (χ4v) is 2.82. The quantitative estimate of drug-likeness (QED) is 0.455. The third-order valence-corrected chi connectivity index (χ3v) is 4.48. The van der Waals surface area contributed by atoms with Gasteiger partial charge in [0.05, 0.1) is 0 Å². The van der Waals surface area contributed by atoms with Gasteiger partial charge in [0.25, 0.3) is 0 Å². The normalized spacial score (nSPS) is 21.8. The Morgan fingerprint density at radius 2 is 1.95 bits per heavy atom. The molecular weight excluding hydrogens is 256 g/mol. The highest BCUT2D eigenvalue weighted by atomic mass is 16.1. The lowest BCUT2D eigenvalue weighted by atomic mass is 9.72. The van der Waals surface area contributed by atoms with Crippen LogP contribution in [0, 0.1) is 17.3 Å². The van der Waals surface area contributed by atoms with Crippen molar-refractivity contribution in [2.24, 2.45) is 17.3 Å². The van der Waals surface area contributed by atoms with E-state index in [1.54, 1.807) is 6.08 Å². The van der Waals surface area contributed by atoms with Crippen molar-refractivity contribution >= 4 is 5.78 Å². The Hall–Kier alpha value is -1.37. The van der Waals surface area contributed by atoms with Crippen molar-refractivity contribution in [3.63, 3.8) is 0 Å². The van der Waals surface area contributed by atoms with Gasteiger partial charge in [-0.2, -0.15) is 0 Å². The second kappa shape index (κ2) is 7.59. The van der Waals surface area contributed by atoms with E-state index in [0.717, 1.165) is 0 Å². The molecule has 1 aliphatic carbocycles. The number of ketones is 1. The maximum absolute atomic E-state index is 12.1. The minimum absolute atomic E-state index is 0.0729. The van der Waals surface area contributed by atoms with Gasteiger partial charge in [-0.15, -0.1) is 6.58 Å². The molecule has 1 rings (SSSR count). The first-order valence-corrected chi connectivity index (χ1v) is 8.01. The van der Waals surface area contributed by atoms with E-state index in [1.165, 1.54) is 30.4 Å². The first-order chi connectivity index (χ1) is 9.77. The highest BCUT2D eigenvalue weighted by Gasteiger charge is 2.26. The molecule has 0 saturated carbocycles. The molecule has 0 aromatic heterocycles. The van der Waals surface area contributed by atoms with Gasteiger partial charge in [-0.1, -0.05) is 57.6 Å². The number of hydrogen-bond acceptors (Lipinski definition) is 1. The van der Waals surface area contributed by atoms with Crippen LogP contribution in [0.5, 0.6) is 0 Å². The first-order valence-electron chi connectivity index (χ1n) is 8.01. The summed E-state index contributed by atoms with van der Waals surface area (Å²) in [6.07, 6.45) is 13.4. The van der Waals surface area contributed by atoms with Crippen LogP contribution in [0.4, 0.5) is 0 Å². The van der Waals surface area contributed by atoms with E-state index in [0.29, 0.717) is 0 Å². The third-order valence-electron chi connectivity index (χ3n) is 4.48. The second-order valence-electron chi connectivity index (χ2n) is 6.94. The fraction of sp³-hybridized carbons (Fsp3) is 0.550. The summed E-state index contributed by atoms with van der Waals surface area (Å²) < 4.78 is 0. The maximum atomic E-state index is 12.1. The molecule has 0 saturated heterocycles. The van der Waals surface area contributed by atoms with Crippen LogP contribution >= 0.6 is 0 Å². The van der Waals surface area contributed by atoms with Crippen molar-refractivity contribution in [3.8, 4) is 0 Å². The van der Waals surface area contributed by atoms with E-state index in [1.807, 2.05) is 26.0 Å². The van der Waals surface area contributed by atoms with Gasteiger partial charge in [0.1, 0.15) is 0 Å². The van der Waals surface area contributed by atoms with Crippen molar-refractivity contribution in [2.45, 2.75) is 53.9 Å². The van der Waals surface area contributed by atoms with Gasteiger partial charge >= 0.3 is 0 Å². The van der Waals surface area contributed by atoms with E-state index < -0.39 is 0 Å². The van der Waals surface area contributed by atoms with Crippen LogP contribution in [0.2, 0.25) is 0 Å². The molecule has 0 radical (unpaired) electrons. The minimum atomic E-state index is -0.0729. The molecule has 0 spiro atoms. The van der Waals surface area contributed by atoms with Gasteiger partial charge in [0.2, 0.25) is 0 Å². The van der Waals surface area contributed by atoms with Gasteiger partial charge in [0, 0.05) is 5.92 Å². The Morgan fingerprint density at radius 3 is 2.52 bits per heavy atom. The molecule has 0 bridgehead atoms. The second-order valence-corrected chi connectivity index (χ2v) is 6.94. The average molecular weight is 286 g/mol. The van der Waals surface area contributed by atoms with Crippen LogP contribution in [-0.2, 0) is 4.79 Å². The third kappa shape index (κ3) is 5.15. The summed E-state index contributed by atoms with van der Waals surface area (Å²) in [6.45, 7) is 14.5. The summed E-state index contributed by atoms with van der Waals surface area (Å²) in [5, 5.41) is 0. The fourth-order valence-electron chi connectivity index (χ4n) is 2.82. The molecule has 1 aliphatic rings. The van der Waals surface area contributed by atoms with Crippen LogP contribution in [-0.4, -0.2) is 5.78 Å². The van der Waals surface area contributed by atoms with Crippen LogP contribution in [0.1, 0.15) is 53.9 Å². The molecule has 2 atom stereocenters. The summed E-state index contributed by atoms with van der Waals surface area (Å²) in [7, 11) is 0. The van der Waals surface area contributed by atoms with Crippen LogP contribution in [0.15, 0.2) is 48.1 Å². The number of rotatable bonds is 6. The molecule has 0 fully saturated rings. The molecular formula is C20H30O. The molecule has 1 nitrogen and oxygen atoms in total. The number of carbonyl (C=O) groups is 1. The average Bonchev–Trinajstić information content (AvgIpc) is 2.42. The zero-order chi connectivity index (χ0) is 16.0. The smallest absolute Gasteiger partial charge is 0.161 e. The highest BCUT2D eigenvalue weighted by molar-refractivity contribution is 5.92. The van der Waals surface area contributed by atoms with Gasteiger partial charge in [0.15, 0.2) is 5.78 Å². The predicted octanol–water partition coefficient (Wildman–Crippen LogP) is 5.65. The van der Waals surface area contributed by atoms with Gasteiger partial charge in [-0.25, -0.2) is 0 Å². The van der Waals surface area contributed by atoms with E-state index in [-0.39, 0.29) is 23.0 Å². The standard InChI is InChI=1S/C20H30O/c1-7-15(2)10-13-19(21)17(4)11-12-18-16(3)9-8-14-20(18,5)6/h7,10-13,15,17H,1,8-9,14H2,2-6H3/b12-11+,13-10-. The summed E-state index contributed by atoms with van der Waals surface area (Å²) in [5.41, 5.74) is 3.12. The Bertz CT molecular complexity index is 474. The van der Waals surface area contributed by atoms with Crippen LogP contribution < -0.4 is 0 Å². The zero-order valence-corrected chi connectivity index (χ0v) is 14.3. The monoisotopic (exact) mass is 286 g/mol. The first kappa shape index (κ1) is 17.7. The number of allylic oxidation sites excluding steroid dienone is 7. The van der Waals surface area contributed by atoms with Crippen molar-refractivity contribution in [3.05, 3.63) is 48.1 Å². The Labute approximate surface area is 130 Å². The molecule has 0 amide bonds. The SMILES string of the molecule is C=CC(C)/C=C\C(=O)C(C)/C=C/C1=C(C)CCCC1(C)C. The highest BCUT2D eigenvalue weighted by Crippen LogP contribution is 2.40. The Kier molecular flexibility index (Phi) is 6.39. The lowest BCUT2D eigenvalue weighted by Gasteiger charge is -2.33. The lowest BCUT2D eigenvalue weighted by molar-refractivity contribution is -0.116. The molecule has 0 aliphatic heterocycles. The van der Waals surface area contributed by atoms with Crippen molar-refractivity contribution in [2.75, 3.05) is 0 Å². The van der Waals surface area contributed by atoms with Crippen molar-refractivity contribution in [1.29, 1.82) is 0 Å². The molecule has 1 heteroatoms. The minimum Gasteiger partial charge on any atom is -0.294 e. The van der Waals surface area contributed by atoms with Gasteiger partial charge in [-0.3, -0.25) is 4.79 Å². The van der Waals surface area contributed by atoms with Crippen LogP contribution in [0.25, 0.3) is 0 Å². The molecule has 0 heterocycles. The molecule has 0 aromatic carbocycles. The maximum Gasteiger partial charge on any atom is 0.161 e. The Morgan fingerprint density at radius 1 is 1.29 bits per heavy atom. The summed E-state index contributed by atoms with van der Waals surface area (Å²) in [5.74, 6) is 0.329. The summed E-state index contributed by atoms with van der Waals surface area (Å²) in [4.78, 5) is 12.1. The molecule has 0 N–H and O–H groups in total. The van der Waals surface area contributed by atoms with E-state index in [4.69, 9.17) is 0 Å². The summed E-state index contributed by atoms with van der Waals surface area (Å²) >= 11 is 0. The van der Waals surface area contributed by atoms with Crippen molar-refractivity contribution in [1.82, 2.24) is 0 Å². The predicted molar refractivity (Wildman–Crippen MR) is 92.1 cm³/mol. The summed E-state index contributed by atoms with van der Waals surface area (Å²) in [6, 6.07) is 0. The Balaban J connectivity index is 2.77. The van der Waals surface area contributed by atoms with Crippen LogP contribution in [0.3, 0.4) is 0 Å². The van der Waals surface area contributed by atoms with E-state index >= 15 is 0 Å². The molecule has 2 unspecified atom stereocenters.